The van der Waals surface area contributed by atoms with Gasteiger partial charge >= 0.3 is 0 Å². The van der Waals surface area contributed by atoms with E-state index in [1.165, 1.54) is 18.4 Å². The largest absolute Gasteiger partial charge is 0.393 e. The van der Waals surface area contributed by atoms with Crippen LogP contribution in [0.25, 0.3) is 10.4 Å². The Bertz CT molecular complexity index is 762. The van der Waals surface area contributed by atoms with Crippen molar-refractivity contribution in [3.63, 3.8) is 0 Å². The average Bonchev–Trinajstić information content (AvgIpc) is 3.02. The fourth-order valence-electron chi connectivity index (χ4n) is 8.96. The molecule has 10 atom stereocenters. The third-order valence-electron chi connectivity index (χ3n) is 10.6. The van der Waals surface area contributed by atoms with Gasteiger partial charge in [0.25, 0.3) is 0 Å². The van der Waals surface area contributed by atoms with Crippen LogP contribution in [0, 0.1) is 46.3 Å². The molecule has 4 aliphatic rings. The molecule has 5 heteroatoms. The van der Waals surface area contributed by atoms with E-state index in [0.717, 1.165) is 57.3 Å². The van der Waals surface area contributed by atoms with Crippen molar-refractivity contribution in [2.45, 2.75) is 104 Å². The van der Waals surface area contributed by atoms with Gasteiger partial charge in [0.05, 0.1) is 12.2 Å². The summed E-state index contributed by atoms with van der Waals surface area (Å²) in [5, 5.41) is 25.3. The summed E-state index contributed by atoms with van der Waals surface area (Å²) in [4.78, 5) is 2.89. The maximum atomic E-state index is 11.3. The molecule has 32 heavy (non-hydrogen) atoms. The number of hydrogen-bond donors (Lipinski definition) is 2. The van der Waals surface area contributed by atoms with Crippen molar-refractivity contribution in [2.24, 2.45) is 51.5 Å². The fraction of sp³-hybridized carbons (Fsp3) is 0.926. The van der Waals surface area contributed by atoms with Crippen LogP contribution in [0.15, 0.2) is 16.8 Å². The van der Waals surface area contributed by atoms with Crippen molar-refractivity contribution in [1.82, 2.24) is 0 Å². The fourth-order valence-corrected chi connectivity index (χ4v) is 8.96. The maximum Gasteiger partial charge on any atom is 0.0579 e. The molecule has 0 aliphatic heterocycles. The summed E-state index contributed by atoms with van der Waals surface area (Å²) in [7, 11) is 0. The Morgan fingerprint density at radius 2 is 1.94 bits per heavy atom. The van der Waals surface area contributed by atoms with Crippen LogP contribution < -0.4 is 0 Å². The Morgan fingerprint density at radius 1 is 1.16 bits per heavy atom. The average molecular weight is 444 g/mol. The van der Waals surface area contributed by atoms with E-state index in [1.807, 2.05) is 0 Å². The Balaban J connectivity index is 1.45. The van der Waals surface area contributed by atoms with E-state index in [9.17, 15) is 10.2 Å². The molecule has 0 aromatic rings. The second kappa shape index (κ2) is 9.31. The minimum Gasteiger partial charge on any atom is -0.393 e. The molecular formula is C27H45N3O2. The highest BCUT2D eigenvalue weighted by Crippen LogP contribution is 2.67. The number of nitrogens with zero attached hydrogens (tertiary/aromatic N) is 3. The first kappa shape index (κ1) is 24.1. The highest BCUT2D eigenvalue weighted by atomic mass is 16.3. The van der Waals surface area contributed by atoms with E-state index < -0.39 is 0 Å². The van der Waals surface area contributed by atoms with Crippen molar-refractivity contribution in [3.8, 4) is 0 Å². The molecule has 0 amide bonds. The second-order valence-corrected chi connectivity index (χ2v) is 12.5. The van der Waals surface area contributed by atoms with Crippen LogP contribution in [0.1, 0.15) is 91.9 Å². The summed E-state index contributed by atoms with van der Waals surface area (Å²) < 4.78 is 0. The molecule has 0 aromatic carbocycles. The first-order valence-corrected chi connectivity index (χ1v) is 13.3. The van der Waals surface area contributed by atoms with Gasteiger partial charge in [-0.1, -0.05) is 63.7 Å². The van der Waals surface area contributed by atoms with Gasteiger partial charge < -0.3 is 10.2 Å². The smallest absolute Gasteiger partial charge is 0.0579 e. The predicted molar refractivity (Wildman–Crippen MR) is 129 cm³/mol. The number of allylic oxidation sites excluding steroid dienone is 1. The summed E-state index contributed by atoms with van der Waals surface area (Å²) in [6.45, 7) is 10.1. The summed E-state index contributed by atoms with van der Waals surface area (Å²) in [6.07, 6.45) is 13.1. The number of aliphatic hydroxyl groups is 2. The van der Waals surface area contributed by atoms with E-state index in [1.54, 1.807) is 0 Å². The molecule has 0 heterocycles. The number of azide groups is 1. The molecule has 180 valence electrons. The van der Waals surface area contributed by atoms with Gasteiger partial charge in [0.1, 0.15) is 0 Å². The lowest BCUT2D eigenvalue weighted by atomic mass is 9.47. The second-order valence-electron chi connectivity index (χ2n) is 12.5. The molecular weight excluding hydrogens is 398 g/mol. The molecule has 4 aliphatic carbocycles. The Morgan fingerprint density at radius 3 is 2.69 bits per heavy atom. The Kier molecular flexibility index (Phi) is 7.02. The van der Waals surface area contributed by atoms with E-state index in [-0.39, 0.29) is 23.0 Å². The van der Waals surface area contributed by atoms with Gasteiger partial charge in [-0.3, -0.25) is 0 Å². The third kappa shape index (κ3) is 4.14. The lowest BCUT2D eigenvalue weighted by molar-refractivity contribution is -0.0620. The summed E-state index contributed by atoms with van der Waals surface area (Å²) in [5.74, 6) is 3.38. The molecule has 4 rings (SSSR count). The molecule has 2 N–H and O–H groups in total. The van der Waals surface area contributed by atoms with Crippen molar-refractivity contribution < 1.29 is 10.2 Å². The van der Waals surface area contributed by atoms with Crippen molar-refractivity contribution in [1.29, 1.82) is 0 Å². The van der Waals surface area contributed by atoms with E-state index >= 15 is 0 Å². The van der Waals surface area contributed by atoms with E-state index in [0.29, 0.717) is 36.1 Å². The highest BCUT2D eigenvalue weighted by Gasteiger charge is 2.61. The lowest BCUT2D eigenvalue weighted by Crippen LogP contribution is -2.51. The van der Waals surface area contributed by atoms with Gasteiger partial charge in [-0.25, -0.2) is 0 Å². The zero-order chi connectivity index (χ0) is 23.1. The standard InChI is InChI=1S/C27H45N3O2/c1-17(16-29-30-28)6-5-7-18(2)25-24(32)15-23-21-9-8-19-14-20(31)10-12-26(19,3)22(21)11-13-27(23,25)4/h8,17-18,20-25,31-32H,5-7,9-16H2,1-4H3/t17-,18-,20+,21-,22+,23+,24+,25+,26+,27+/m1/s1. The summed E-state index contributed by atoms with van der Waals surface area (Å²) >= 11 is 0. The van der Waals surface area contributed by atoms with Gasteiger partial charge in [0.15, 0.2) is 0 Å². The third-order valence-corrected chi connectivity index (χ3v) is 10.6. The highest BCUT2D eigenvalue weighted by molar-refractivity contribution is 5.25. The summed E-state index contributed by atoms with van der Waals surface area (Å²) in [6, 6.07) is 0. The van der Waals surface area contributed by atoms with Gasteiger partial charge in [-0.2, -0.15) is 0 Å². The number of fused-ring (bicyclic) bond motifs is 5. The monoisotopic (exact) mass is 443 g/mol. The van der Waals surface area contributed by atoms with Crippen LogP contribution >= 0.6 is 0 Å². The van der Waals surface area contributed by atoms with Gasteiger partial charge in [0.2, 0.25) is 0 Å². The van der Waals surface area contributed by atoms with Crippen LogP contribution in [0.3, 0.4) is 0 Å². The SMILES string of the molecule is C[C@H](CCC[C@@H](C)[C@H]1[C@@H](O)C[C@H]2[C@@H]3CC=C4C[C@@H](O)CC[C@]4(C)[C@H]3CC[C@]12C)CN=[N+]=[N-]. The number of rotatable bonds is 7. The molecule has 0 saturated heterocycles. The molecule has 0 aromatic heterocycles. The molecule has 3 fully saturated rings. The van der Waals surface area contributed by atoms with Crippen LogP contribution in [0.2, 0.25) is 0 Å². The van der Waals surface area contributed by atoms with Gasteiger partial charge in [-0.05, 0) is 96.8 Å². The van der Waals surface area contributed by atoms with E-state index in [2.05, 4.69) is 43.8 Å². The first-order valence-electron chi connectivity index (χ1n) is 13.3. The van der Waals surface area contributed by atoms with Crippen molar-refractivity contribution in [3.05, 3.63) is 22.1 Å². The van der Waals surface area contributed by atoms with Crippen LogP contribution in [-0.2, 0) is 0 Å². The van der Waals surface area contributed by atoms with Crippen LogP contribution in [-0.4, -0.2) is 29.0 Å². The maximum absolute atomic E-state index is 11.3. The molecule has 0 spiro atoms. The minimum absolute atomic E-state index is 0.146. The normalized spacial score (nSPS) is 45.0. The topological polar surface area (TPSA) is 89.2 Å². The molecule has 0 radical (unpaired) electrons. The van der Waals surface area contributed by atoms with Gasteiger partial charge in [-0.15, -0.1) is 0 Å². The Labute approximate surface area is 194 Å². The molecule has 0 unspecified atom stereocenters. The molecule has 5 nitrogen and oxygen atoms in total. The van der Waals surface area contributed by atoms with Gasteiger partial charge in [0, 0.05) is 11.5 Å². The Hall–Kier alpha value is -1.03. The number of aliphatic hydroxyl groups excluding tert-OH is 2. The summed E-state index contributed by atoms with van der Waals surface area (Å²) in [5.41, 5.74) is 10.6. The van der Waals surface area contributed by atoms with Crippen LogP contribution in [0.4, 0.5) is 0 Å². The zero-order valence-corrected chi connectivity index (χ0v) is 20.7. The van der Waals surface area contributed by atoms with E-state index in [4.69, 9.17) is 5.53 Å². The van der Waals surface area contributed by atoms with Crippen LogP contribution in [0.5, 0.6) is 0 Å². The lowest BCUT2D eigenvalue weighted by Gasteiger charge is -2.58. The first-order chi connectivity index (χ1) is 15.2. The minimum atomic E-state index is -0.175. The molecule has 0 bridgehead atoms. The molecule has 3 saturated carbocycles. The van der Waals surface area contributed by atoms with Crippen molar-refractivity contribution >= 4 is 0 Å². The predicted octanol–water partition coefficient (Wildman–Crippen LogP) is 6.65. The quantitative estimate of drug-likeness (QED) is 0.200. The zero-order valence-electron chi connectivity index (χ0n) is 20.7. The number of hydrogen-bond acceptors (Lipinski definition) is 3. The van der Waals surface area contributed by atoms with Crippen molar-refractivity contribution in [2.75, 3.05) is 6.54 Å².